The van der Waals surface area contributed by atoms with Gasteiger partial charge in [0.1, 0.15) is 5.75 Å². The van der Waals surface area contributed by atoms with Crippen molar-refractivity contribution >= 4 is 0 Å². The smallest absolute Gasteiger partial charge is 0.124 e. The highest BCUT2D eigenvalue weighted by Crippen LogP contribution is 2.28. The van der Waals surface area contributed by atoms with Crippen LogP contribution in [0.25, 0.3) is 0 Å². The average Bonchev–Trinajstić information content (AvgIpc) is 2.30. The van der Waals surface area contributed by atoms with E-state index in [-0.39, 0.29) is 0 Å². The first-order valence-corrected chi connectivity index (χ1v) is 6.46. The topological polar surface area (TPSA) is 21.3 Å². The largest absolute Gasteiger partial charge is 0.496 e. The van der Waals surface area contributed by atoms with Gasteiger partial charge in [-0.25, -0.2) is 0 Å². The standard InChI is InChI=1S/C15H25NO/c1-6-7-8-14(16-4)13-9-11(2)15(17-5)12(3)10-13/h9-10,14,16H,6-8H2,1-5H3. The van der Waals surface area contributed by atoms with Crippen LogP contribution in [-0.4, -0.2) is 14.2 Å². The molecule has 0 heterocycles. The molecule has 1 N–H and O–H groups in total. The Morgan fingerprint density at radius 3 is 2.24 bits per heavy atom. The lowest BCUT2D eigenvalue weighted by molar-refractivity contribution is 0.407. The molecule has 1 aromatic carbocycles. The zero-order valence-electron chi connectivity index (χ0n) is 11.8. The van der Waals surface area contributed by atoms with Crippen LogP contribution >= 0.6 is 0 Å². The van der Waals surface area contributed by atoms with E-state index in [1.165, 1.54) is 36.0 Å². The van der Waals surface area contributed by atoms with Crippen LogP contribution in [-0.2, 0) is 0 Å². The van der Waals surface area contributed by atoms with Gasteiger partial charge in [-0.3, -0.25) is 0 Å². The molecule has 0 fully saturated rings. The molecule has 0 aliphatic carbocycles. The minimum Gasteiger partial charge on any atom is -0.496 e. The molecular formula is C15H25NO. The minimum atomic E-state index is 0.457. The van der Waals surface area contributed by atoms with E-state index in [1.807, 2.05) is 7.05 Å². The lowest BCUT2D eigenvalue weighted by Crippen LogP contribution is -2.16. The molecule has 0 aromatic heterocycles. The van der Waals surface area contributed by atoms with Crippen LogP contribution in [0.1, 0.15) is 48.9 Å². The highest BCUT2D eigenvalue weighted by molar-refractivity contribution is 5.44. The molecule has 17 heavy (non-hydrogen) atoms. The Balaban J connectivity index is 2.96. The SMILES string of the molecule is CCCCC(NC)c1cc(C)c(OC)c(C)c1. The quantitative estimate of drug-likeness (QED) is 0.810. The van der Waals surface area contributed by atoms with Gasteiger partial charge in [0.05, 0.1) is 7.11 Å². The first kappa shape index (κ1) is 14.0. The Morgan fingerprint density at radius 1 is 1.24 bits per heavy atom. The normalized spacial score (nSPS) is 12.5. The van der Waals surface area contributed by atoms with Crippen molar-refractivity contribution in [3.8, 4) is 5.75 Å². The molecule has 2 heteroatoms. The number of hydrogen-bond acceptors (Lipinski definition) is 2. The molecule has 0 amide bonds. The molecule has 1 unspecified atom stereocenters. The number of nitrogens with one attached hydrogen (secondary N) is 1. The monoisotopic (exact) mass is 235 g/mol. The molecule has 0 aliphatic heterocycles. The highest BCUT2D eigenvalue weighted by atomic mass is 16.5. The predicted octanol–water partition coefficient (Wildman–Crippen LogP) is 3.76. The maximum atomic E-state index is 5.40. The highest BCUT2D eigenvalue weighted by Gasteiger charge is 2.12. The van der Waals surface area contributed by atoms with Gasteiger partial charge in [0.2, 0.25) is 0 Å². The second-order valence-electron chi connectivity index (χ2n) is 4.67. The van der Waals surface area contributed by atoms with Gasteiger partial charge in [-0.05, 0) is 44.0 Å². The summed E-state index contributed by atoms with van der Waals surface area (Å²) in [6.07, 6.45) is 3.69. The van der Waals surface area contributed by atoms with Crippen molar-refractivity contribution in [1.29, 1.82) is 0 Å². The van der Waals surface area contributed by atoms with E-state index < -0.39 is 0 Å². The van der Waals surface area contributed by atoms with Gasteiger partial charge in [0, 0.05) is 6.04 Å². The van der Waals surface area contributed by atoms with E-state index in [0.717, 1.165) is 5.75 Å². The number of unbranched alkanes of at least 4 members (excludes halogenated alkanes) is 1. The number of hydrogen-bond donors (Lipinski definition) is 1. The van der Waals surface area contributed by atoms with Crippen molar-refractivity contribution in [1.82, 2.24) is 5.32 Å². The second kappa shape index (κ2) is 6.65. The van der Waals surface area contributed by atoms with Crippen LogP contribution in [0.15, 0.2) is 12.1 Å². The summed E-state index contributed by atoms with van der Waals surface area (Å²) in [6, 6.07) is 4.93. The fourth-order valence-corrected chi connectivity index (χ4v) is 2.39. The summed E-state index contributed by atoms with van der Waals surface area (Å²) < 4.78 is 5.40. The van der Waals surface area contributed by atoms with Crippen molar-refractivity contribution in [2.75, 3.05) is 14.2 Å². The Kier molecular flexibility index (Phi) is 5.49. The molecule has 96 valence electrons. The Morgan fingerprint density at radius 2 is 1.82 bits per heavy atom. The van der Waals surface area contributed by atoms with E-state index in [0.29, 0.717) is 6.04 Å². The molecule has 0 saturated heterocycles. The molecule has 1 aromatic rings. The summed E-state index contributed by atoms with van der Waals surface area (Å²) >= 11 is 0. The van der Waals surface area contributed by atoms with E-state index in [1.54, 1.807) is 7.11 Å². The Hall–Kier alpha value is -1.02. The average molecular weight is 235 g/mol. The fraction of sp³-hybridized carbons (Fsp3) is 0.600. The van der Waals surface area contributed by atoms with Crippen molar-refractivity contribution in [3.05, 3.63) is 28.8 Å². The summed E-state index contributed by atoms with van der Waals surface area (Å²) in [6.45, 7) is 6.46. The second-order valence-corrected chi connectivity index (χ2v) is 4.67. The van der Waals surface area contributed by atoms with E-state index in [4.69, 9.17) is 4.74 Å². The fourth-order valence-electron chi connectivity index (χ4n) is 2.39. The van der Waals surface area contributed by atoms with Crippen LogP contribution in [0.4, 0.5) is 0 Å². The summed E-state index contributed by atoms with van der Waals surface area (Å²) in [7, 11) is 3.77. The summed E-state index contributed by atoms with van der Waals surface area (Å²) in [5.74, 6) is 1.01. The number of benzene rings is 1. The number of rotatable bonds is 6. The lowest BCUT2D eigenvalue weighted by atomic mass is 9.97. The Labute approximate surface area is 105 Å². The maximum Gasteiger partial charge on any atom is 0.124 e. The van der Waals surface area contributed by atoms with E-state index in [9.17, 15) is 0 Å². The van der Waals surface area contributed by atoms with Gasteiger partial charge in [-0.2, -0.15) is 0 Å². The van der Waals surface area contributed by atoms with Gasteiger partial charge >= 0.3 is 0 Å². The predicted molar refractivity (Wildman–Crippen MR) is 73.8 cm³/mol. The summed E-state index contributed by atoms with van der Waals surface area (Å²) in [5, 5.41) is 3.40. The van der Waals surface area contributed by atoms with E-state index >= 15 is 0 Å². The van der Waals surface area contributed by atoms with E-state index in [2.05, 4.69) is 38.2 Å². The van der Waals surface area contributed by atoms with Crippen LogP contribution in [0.2, 0.25) is 0 Å². The van der Waals surface area contributed by atoms with Gasteiger partial charge in [-0.15, -0.1) is 0 Å². The Bertz CT molecular complexity index is 337. The molecule has 1 rings (SSSR count). The molecule has 1 atom stereocenters. The van der Waals surface area contributed by atoms with Crippen molar-refractivity contribution in [3.63, 3.8) is 0 Å². The summed E-state index contributed by atoms with van der Waals surface area (Å²) in [4.78, 5) is 0. The van der Waals surface area contributed by atoms with Crippen LogP contribution < -0.4 is 10.1 Å². The molecule has 0 aliphatic rings. The van der Waals surface area contributed by atoms with Crippen molar-refractivity contribution in [2.24, 2.45) is 0 Å². The van der Waals surface area contributed by atoms with Crippen LogP contribution in [0.3, 0.4) is 0 Å². The molecular weight excluding hydrogens is 210 g/mol. The third kappa shape index (κ3) is 3.47. The van der Waals surface area contributed by atoms with Crippen LogP contribution in [0.5, 0.6) is 5.75 Å². The van der Waals surface area contributed by atoms with Gasteiger partial charge in [-0.1, -0.05) is 31.9 Å². The lowest BCUT2D eigenvalue weighted by Gasteiger charge is -2.19. The molecule has 0 spiro atoms. The number of aryl methyl sites for hydroxylation is 2. The number of methoxy groups -OCH3 is 1. The zero-order valence-corrected chi connectivity index (χ0v) is 11.8. The molecule has 0 radical (unpaired) electrons. The van der Waals surface area contributed by atoms with Gasteiger partial charge in [0.25, 0.3) is 0 Å². The zero-order chi connectivity index (χ0) is 12.8. The third-order valence-electron chi connectivity index (χ3n) is 3.28. The maximum absolute atomic E-state index is 5.40. The first-order chi connectivity index (χ1) is 8.13. The van der Waals surface area contributed by atoms with Crippen LogP contribution in [0, 0.1) is 13.8 Å². The number of ether oxygens (including phenoxy) is 1. The van der Waals surface area contributed by atoms with Gasteiger partial charge in [0.15, 0.2) is 0 Å². The molecule has 0 bridgehead atoms. The minimum absolute atomic E-state index is 0.457. The first-order valence-electron chi connectivity index (χ1n) is 6.46. The van der Waals surface area contributed by atoms with Gasteiger partial charge < -0.3 is 10.1 Å². The third-order valence-corrected chi connectivity index (χ3v) is 3.28. The molecule has 0 saturated carbocycles. The van der Waals surface area contributed by atoms with Crippen molar-refractivity contribution < 1.29 is 4.74 Å². The molecule has 2 nitrogen and oxygen atoms in total. The summed E-state index contributed by atoms with van der Waals surface area (Å²) in [5.41, 5.74) is 3.82. The van der Waals surface area contributed by atoms with Crippen molar-refractivity contribution in [2.45, 2.75) is 46.1 Å².